The predicted molar refractivity (Wildman–Crippen MR) is 77.4 cm³/mol. The highest BCUT2D eigenvalue weighted by Gasteiger charge is 2.26. The first-order chi connectivity index (χ1) is 9.68. The van der Waals surface area contributed by atoms with E-state index in [1.54, 1.807) is 12.1 Å². The van der Waals surface area contributed by atoms with Gasteiger partial charge in [0, 0.05) is 31.9 Å². The molecule has 0 aromatic heterocycles. The van der Waals surface area contributed by atoms with Gasteiger partial charge in [0.05, 0.1) is 11.5 Å². The van der Waals surface area contributed by atoms with Crippen LogP contribution in [0.15, 0.2) is 23.1 Å². The summed E-state index contributed by atoms with van der Waals surface area (Å²) in [4.78, 5) is 0.382. The predicted octanol–water partition coefficient (Wildman–Crippen LogP) is 1.46. The maximum atomic E-state index is 12.7. The van der Waals surface area contributed by atoms with Gasteiger partial charge in [0.1, 0.15) is 0 Å². The van der Waals surface area contributed by atoms with Crippen LogP contribution in [-0.4, -0.2) is 45.6 Å². The molecule has 1 fully saturated rings. The van der Waals surface area contributed by atoms with Crippen molar-refractivity contribution in [3.8, 4) is 0 Å². The highest BCUT2D eigenvalue weighted by molar-refractivity contribution is 7.89. The van der Waals surface area contributed by atoms with E-state index in [-0.39, 0.29) is 0 Å². The number of aryl methyl sites for hydroxylation is 1. The number of rotatable bonds is 2. The zero-order valence-corrected chi connectivity index (χ0v) is 12.3. The van der Waals surface area contributed by atoms with Crippen molar-refractivity contribution in [1.82, 2.24) is 4.31 Å². The molecular weight excluding hydrogens is 276 g/mol. The largest absolute Gasteiger partial charge is 0.385 e. The molecule has 0 atom stereocenters. The summed E-state index contributed by atoms with van der Waals surface area (Å²) in [5.74, 6) is 0. The van der Waals surface area contributed by atoms with E-state index in [1.807, 2.05) is 6.07 Å². The molecule has 6 heteroatoms. The van der Waals surface area contributed by atoms with Gasteiger partial charge in [0.25, 0.3) is 0 Å². The third-order valence-corrected chi connectivity index (χ3v) is 5.73. The van der Waals surface area contributed by atoms with Gasteiger partial charge in [0.2, 0.25) is 10.0 Å². The molecule has 1 saturated heterocycles. The summed E-state index contributed by atoms with van der Waals surface area (Å²) >= 11 is 0. The van der Waals surface area contributed by atoms with Crippen LogP contribution in [0.5, 0.6) is 0 Å². The van der Waals surface area contributed by atoms with Gasteiger partial charge in [0.15, 0.2) is 0 Å². The summed E-state index contributed by atoms with van der Waals surface area (Å²) in [5.41, 5.74) is 2.16. The average Bonchev–Trinajstić information content (AvgIpc) is 2.76. The van der Waals surface area contributed by atoms with E-state index in [1.165, 1.54) is 9.87 Å². The van der Waals surface area contributed by atoms with Crippen molar-refractivity contribution in [2.45, 2.75) is 24.2 Å². The minimum Gasteiger partial charge on any atom is -0.385 e. The number of nitrogens with zero attached hydrogens (tertiary/aromatic N) is 1. The summed E-state index contributed by atoms with van der Waals surface area (Å²) in [7, 11) is -3.41. The molecule has 5 nitrogen and oxygen atoms in total. The Labute approximate surface area is 120 Å². The number of nitrogens with one attached hydrogen (secondary N) is 1. The van der Waals surface area contributed by atoms with E-state index < -0.39 is 10.0 Å². The Morgan fingerprint density at radius 3 is 2.95 bits per heavy atom. The number of hydrogen-bond donors (Lipinski definition) is 1. The van der Waals surface area contributed by atoms with Gasteiger partial charge in [-0.2, -0.15) is 4.31 Å². The van der Waals surface area contributed by atoms with Crippen LogP contribution in [-0.2, 0) is 21.2 Å². The summed E-state index contributed by atoms with van der Waals surface area (Å²) in [6.07, 6.45) is 2.87. The van der Waals surface area contributed by atoms with Crippen LogP contribution in [0, 0.1) is 0 Å². The van der Waals surface area contributed by atoms with Crippen LogP contribution in [0.1, 0.15) is 18.4 Å². The fraction of sp³-hybridized carbons (Fsp3) is 0.571. The lowest BCUT2D eigenvalue weighted by molar-refractivity contribution is 0.148. The molecule has 0 unspecified atom stereocenters. The fourth-order valence-electron chi connectivity index (χ4n) is 2.71. The molecular formula is C14H20N2O3S. The molecule has 1 aromatic rings. The van der Waals surface area contributed by atoms with E-state index in [2.05, 4.69) is 5.32 Å². The van der Waals surface area contributed by atoms with Crippen LogP contribution >= 0.6 is 0 Å². The Kier molecular flexibility index (Phi) is 3.96. The summed E-state index contributed by atoms with van der Waals surface area (Å²) in [6, 6.07) is 5.44. The van der Waals surface area contributed by atoms with E-state index in [4.69, 9.17) is 4.74 Å². The maximum absolute atomic E-state index is 12.7. The molecule has 110 valence electrons. The lowest BCUT2D eigenvalue weighted by Gasteiger charge is -2.22. The quantitative estimate of drug-likeness (QED) is 0.897. The van der Waals surface area contributed by atoms with Gasteiger partial charge >= 0.3 is 0 Å². The molecule has 2 aliphatic rings. The lowest BCUT2D eigenvalue weighted by atomic mass is 10.0. The highest BCUT2D eigenvalue weighted by Crippen LogP contribution is 2.27. The molecule has 2 heterocycles. The average molecular weight is 296 g/mol. The van der Waals surface area contributed by atoms with Crippen LogP contribution in [0.25, 0.3) is 0 Å². The number of anilines is 1. The fourth-order valence-corrected chi connectivity index (χ4v) is 4.20. The van der Waals surface area contributed by atoms with Gasteiger partial charge in [-0.05, 0) is 37.0 Å². The van der Waals surface area contributed by atoms with Crippen LogP contribution in [0.4, 0.5) is 5.69 Å². The summed E-state index contributed by atoms with van der Waals surface area (Å²) in [6.45, 7) is 2.99. The molecule has 0 bridgehead atoms. The molecule has 0 radical (unpaired) electrons. The second kappa shape index (κ2) is 5.71. The van der Waals surface area contributed by atoms with Crippen LogP contribution in [0.3, 0.4) is 0 Å². The van der Waals surface area contributed by atoms with Crippen LogP contribution < -0.4 is 5.32 Å². The Bertz CT molecular complexity index is 578. The molecule has 1 N–H and O–H groups in total. The van der Waals surface area contributed by atoms with Crippen molar-refractivity contribution in [3.63, 3.8) is 0 Å². The second-order valence-corrected chi connectivity index (χ2v) is 7.16. The van der Waals surface area contributed by atoms with Crippen LogP contribution in [0.2, 0.25) is 0 Å². The first kappa shape index (κ1) is 13.9. The van der Waals surface area contributed by atoms with E-state index in [0.717, 1.165) is 31.5 Å². The zero-order valence-electron chi connectivity index (χ0n) is 11.5. The topological polar surface area (TPSA) is 58.6 Å². The summed E-state index contributed by atoms with van der Waals surface area (Å²) < 4.78 is 32.2. The Hall–Kier alpha value is -1.11. The van der Waals surface area contributed by atoms with E-state index in [9.17, 15) is 8.42 Å². The third kappa shape index (κ3) is 2.68. The Morgan fingerprint density at radius 2 is 2.05 bits per heavy atom. The smallest absolute Gasteiger partial charge is 0.243 e. The minimum absolute atomic E-state index is 0.382. The third-order valence-electron chi connectivity index (χ3n) is 3.84. The summed E-state index contributed by atoms with van der Waals surface area (Å²) in [5, 5.41) is 3.28. The zero-order chi connectivity index (χ0) is 14.0. The van der Waals surface area contributed by atoms with Crippen molar-refractivity contribution in [2.75, 3.05) is 38.2 Å². The van der Waals surface area contributed by atoms with E-state index >= 15 is 0 Å². The SMILES string of the molecule is O=S(=O)(c1ccc2c(c1)NCCC2)N1CCCOCC1. The number of sulfonamides is 1. The molecule has 1 aromatic carbocycles. The monoisotopic (exact) mass is 296 g/mol. The first-order valence-electron chi connectivity index (χ1n) is 7.12. The van der Waals surface area contributed by atoms with Gasteiger partial charge in [-0.1, -0.05) is 6.07 Å². The van der Waals surface area contributed by atoms with Gasteiger partial charge < -0.3 is 10.1 Å². The number of ether oxygens (including phenoxy) is 1. The highest BCUT2D eigenvalue weighted by atomic mass is 32.2. The molecule has 0 amide bonds. The second-order valence-electron chi connectivity index (χ2n) is 5.22. The van der Waals surface area contributed by atoms with Crippen molar-refractivity contribution < 1.29 is 13.2 Å². The van der Waals surface area contributed by atoms with Gasteiger partial charge in [-0.25, -0.2) is 8.42 Å². The molecule has 0 aliphatic carbocycles. The van der Waals surface area contributed by atoms with Crippen molar-refractivity contribution in [3.05, 3.63) is 23.8 Å². The standard InChI is InChI=1S/C14H20N2O3S/c17-20(18,16-7-2-9-19-10-8-16)13-5-4-12-3-1-6-15-14(12)11-13/h4-5,11,15H,1-3,6-10H2. The molecule has 0 spiro atoms. The number of benzene rings is 1. The molecule has 2 aliphatic heterocycles. The van der Waals surface area contributed by atoms with Gasteiger partial charge in [-0.3, -0.25) is 0 Å². The molecule has 3 rings (SSSR count). The van der Waals surface area contributed by atoms with Crippen molar-refractivity contribution in [2.24, 2.45) is 0 Å². The minimum atomic E-state index is -3.41. The Morgan fingerprint density at radius 1 is 1.15 bits per heavy atom. The van der Waals surface area contributed by atoms with Crippen molar-refractivity contribution in [1.29, 1.82) is 0 Å². The molecule has 0 saturated carbocycles. The maximum Gasteiger partial charge on any atom is 0.243 e. The normalized spacial score (nSPS) is 20.8. The Balaban J connectivity index is 1.90. The van der Waals surface area contributed by atoms with Gasteiger partial charge in [-0.15, -0.1) is 0 Å². The first-order valence-corrected chi connectivity index (χ1v) is 8.57. The lowest BCUT2D eigenvalue weighted by Crippen LogP contribution is -2.33. The molecule has 20 heavy (non-hydrogen) atoms. The van der Waals surface area contributed by atoms with E-state index in [0.29, 0.717) is 31.2 Å². The number of fused-ring (bicyclic) bond motifs is 1. The number of hydrogen-bond acceptors (Lipinski definition) is 4. The van der Waals surface area contributed by atoms with Crippen molar-refractivity contribution >= 4 is 15.7 Å².